The van der Waals surface area contributed by atoms with E-state index in [1.165, 1.54) is 6.42 Å². The van der Waals surface area contributed by atoms with Crippen LogP contribution in [0.1, 0.15) is 29.6 Å². The second kappa shape index (κ2) is 6.85. The van der Waals surface area contributed by atoms with E-state index in [1.54, 1.807) is 13.2 Å². The van der Waals surface area contributed by atoms with E-state index < -0.39 is 0 Å². The molecule has 106 valence electrons. The fraction of sp³-hybridized carbons (Fsp3) is 0.438. The van der Waals surface area contributed by atoms with E-state index >= 15 is 0 Å². The number of carbonyl (C=O) groups is 1. The quantitative estimate of drug-likeness (QED) is 0.856. The third-order valence-electron chi connectivity index (χ3n) is 3.47. The van der Waals surface area contributed by atoms with Gasteiger partial charge in [-0.25, -0.2) is 0 Å². The van der Waals surface area contributed by atoms with Crippen LogP contribution in [0.5, 0.6) is 5.75 Å². The predicted octanol–water partition coefficient (Wildman–Crippen LogP) is 2.37. The molecule has 0 bridgehead atoms. The lowest BCUT2D eigenvalue weighted by Crippen LogP contribution is -2.35. The van der Waals surface area contributed by atoms with Crippen LogP contribution in [-0.4, -0.2) is 37.6 Å². The van der Waals surface area contributed by atoms with Crippen molar-refractivity contribution in [2.24, 2.45) is 0 Å². The number of amides is 1. The van der Waals surface area contributed by atoms with Crippen molar-refractivity contribution >= 4 is 11.6 Å². The second-order valence-corrected chi connectivity index (χ2v) is 4.83. The van der Waals surface area contributed by atoms with Crippen LogP contribution in [0.25, 0.3) is 0 Å². The highest BCUT2D eigenvalue weighted by molar-refractivity contribution is 5.95. The SMILES string of the molecule is C#CCNc1ccc(C(=O)N2CCCCC2)cc1OC. The Morgan fingerprint density at radius 2 is 2.15 bits per heavy atom. The lowest BCUT2D eigenvalue weighted by molar-refractivity contribution is 0.0724. The van der Waals surface area contributed by atoms with Crippen molar-refractivity contribution in [1.82, 2.24) is 4.90 Å². The van der Waals surface area contributed by atoms with Crippen LogP contribution in [-0.2, 0) is 0 Å². The van der Waals surface area contributed by atoms with Gasteiger partial charge >= 0.3 is 0 Å². The summed E-state index contributed by atoms with van der Waals surface area (Å²) in [5.74, 6) is 3.23. The Kier molecular flexibility index (Phi) is 4.89. The van der Waals surface area contributed by atoms with Gasteiger partial charge in [0.05, 0.1) is 19.3 Å². The number of ether oxygens (including phenoxy) is 1. The maximum Gasteiger partial charge on any atom is 0.253 e. The van der Waals surface area contributed by atoms with Crippen molar-refractivity contribution in [2.75, 3.05) is 32.1 Å². The topological polar surface area (TPSA) is 41.6 Å². The maximum absolute atomic E-state index is 12.4. The molecule has 1 aliphatic rings. The number of methoxy groups -OCH3 is 1. The van der Waals surface area contributed by atoms with Gasteiger partial charge in [-0.15, -0.1) is 6.42 Å². The van der Waals surface area contributed by atoms with E-state index in [4.69, 9.17) is 11.2 Å². The monoisotopic (exact) mass is 272 g/mol. The highest BCUT2D eigenvalue weighted by Gasteiger charge is 2.19. The molecular weight excluding hydrogens is 252 g/mol. The Morgan fingerprint density at radius 3 is 2.80 bits per heavy atom. The summed E-state index contributed by atoms with van der Waals surface area (Å²) >= 11 is 0. The normalized spacial score (nSPS) is 14.5. The molecule has 1 aliphatic heterocycles. The van der Waals surface area contributed by atoms with Crippen LogP contribution in [0.4, 0.5) is 5.69 Å². The molecule has 1 heterocycles. The van der Waals surface area contributed by atoms with Gasteiger partial charge in [0, 0.05) is 18.7 Å². The Bertz CT molecular complexity index is 514. The summed E-state index contributed by atoms with van der Waals surface area (Å²) in [5, 5.41) is 3.07. The number of rotatable bonds is 4. The number of piperidine rings is 1. The van der Waals surface area contributed by atoms with Crippen LogP contribution >= 0.6 is 0 Å². The number of terminal acetylenes is 1. The maximum atomic E-state index is 12.4. The molecule has 0 radical (unpaired) electrons. The lowest BCUT2D eigenvalue weighted by atomic mass is 10.1. The van der Waals surface area contributed by atoms with Gasteiger partial charge in [-0.05, 0) is 37.5 Å². The Hall–Kier alpha value is -2.15. The number of nitrogens with one attached hydrogen (secondary N) is 1. The molecule has 1 saturated heterocycles. The molecule has 0 saturated carbocycles. The Balaban J connectivity index is 2.15. The average Bonchev–Trinajstić information content (AvgIpc) is 2.52. The zero-order valence-electron chi connectivity index (χ0n) is 11.8. The number of hydrogen-bond donors (Lipinski definition) is 1. The second-order valence-electron chi connectivity index (χ2n) is 4.83. The predicted molar refractivity (Wildman–Crippen MR) is 80.1 cm³/mol. The highest BCUT2D eigenvalue weighted by Crippen LogP contribution is 2.26. The molecule has 20 heavy (non-hydrogen) atoms. The number of benzene rings is 1. The van der Waals surface area contributed by atoms with E-state index in [2.05, 4.69) is 11.2 Å². The van der Waals surface area contributed by atoms with Crippen molar-refractivity contribution in [3.8, 4) is 18.1 Å². The van der Waals surface area contributed by atoms with Crippen molar-refractivity contribution in [1.29, 1.82) is 0 Å². The third kappa shape index (κ3) is 3.24. The van der Waals surface area contributed by atoms with Gasteiger partial charge in [0.1, 0.15) is 5.75 Å². The minimum Gasteiger partial charge on any atom is -0.495 e. The van der Waals surface area contributed by atoms with Crippen molar-refractivity contribution in [2.45, 2.75) is 19.3 Å². The number of nitrogens with zero attached hydrogens (tertiary/aromatic N) is 1. The third-order valence-corrected chi connectivity index (χ3v) is 3.47. The van der Waals surface area contributed by atoms with Crippen LogP contribution in [0.3, 0.4) is 0 Å². The van der Waals surface area contributed by atoms with E-state index in [-0.39, 0.29) is 5.91 Å². The molecule has 0 aromatic heterocycles. The summed E-state index contributed by atoms with van der Waals surface area (Å²) in [6.45, 7) is 2.12. The van der Waals surface area contributed by atoms with Crippen molar-refractivity contribution in [3.63, 3.8) is 0 Å². The first kappa shape index (κ1) is 14.3. The fourth-order valence-electron chi connectivity index (χ4n) is 2.40. The number of anilines is 1. The van der Waals surface area contributed by atoms with Gasteiger partial charge in [-0.1, -0.05) is 5.92 Å². The minimum absolute atomic E-state index is 0.0755. The minimum atomic E-state index is 0.0755. The standard InChI is InChI=1S/C16H20N2O2/c1-3-9-17-14-8-7-13(12-15(14)20-2)16(19)18-10-5-4-6-11-18/h1,7-8,12,17H,4-6,9-11H2,2H3. The molecular formula is C16H20N2O2. The van der Waals surface area contributed by atoms with Crippen molar-refractivity contribution < 1.29 is 9.53 Å². The van der Waals surface area contributed by atoms with E-state index in [0.717, 1.165) is 31.6 Å². The van der Waals surface area contributed by atoms with Crippen LogP contribution in [0.2, 0.25) is 0 Å². The van der Waals surface area contributed by atoms with Crippen LogP contribution in [0.15, 0.2) is 18.2 Å². The van der Waals surface area contributed by atoms with E-state index in [1.807, 2.05) is 17.0 Å². The van der Waals surface area contributed by atoms with E-state index in [0.29, 0.717) is 17.9 Å². The average molecular weight is 272 g/mol. The Morgan fingerprint density at radius 1 is 1.40 bits per heavy atom. The van der Waals surface area contributed by atoms with Gasteiger partial charge in [-0.2, -0.15) is 0 Å². The van der Waals surface area contributed by atoms with Gasteiger partial charge in [0.2, 0.25) is 0 Å². The number of hydrogen-bond acceptors (Lipinski definition) is 3. The molecule has 0 unspecified atom stereocenters. The van der Waals surface area contributed by atoms with Crippen molar-refractivity contribution in [3.05, 3.63) is 23.8 Å². The molecule has 4 nitrogen and oxygen atoms in total. The summed E-state index contributed by atoms with van der Waals surface area (Å²) in [5.41, 5.74) is 1.47. The van der Waals surface area contributed by atoms with Crippen LogP contribution < -0.4 is 10.1 Å². The zero-order chi connectivity index (χ0) is 14.4. The summed E-state index contributed by atoms with van der Waals surface area (Å²) in [6.07, 6.45) is 8.62. The smallest absolute Gasteiger partial charge is 0.253 e. The molecule has 1 aromatic carbocycles. The van der Waals surface area contributed by atoms with E-state index in [9.17, 15) is 4.79 Å². The molecule has 1 fully saturated rings. The fourth-order valence-corrected chi connectivity index (χ4v) is 2.40. The van der Waals surface area contributed by atoms with Gasteiger partial charge < -0.3 is 15.0 Å². The first-order valence-electron chi connectivity index (χ1n) is 6.91. The number of carbonyl (C=O) groups excluding carboxylic acids is 1. The Labute approximate surface area is 120 Å². The number of likely N-dealkylation sites (tertiary alicyclic amines) is 1. The molecule has 0 spiro atoms. The largest absolute Gasteiger partial charge is 0.495 e. The molecule has 1 aromatic rings. The lowest BCUT2D eigenvalue weighted by Gasteiger charge is -2.27. The van der Waals surface area contributed by atoms with Gasteiger partial charge in [0.15, 0.2) is 0 Å². The molecule has 4 heteroatoms. The first-order chi connectivity index (χ1) is 9.76. The zero-order valence-corrected chi connectivity index (χ0v) is 11.8. The molecule has 0 atom stereocenters. The molecule has 2 rings (SSSR count). The first-order valence-corrected chi connectivity index (χ1v) is 6.91. The summed E-state index contributed by atoms with van der Waals surface area (Å²) in [4.78, 5) is 14.3. The molecule has 0 aliphatic carbocycles. The molecule has 1 N–H and O–H groups in total. The van der Waals surface area contributed by atoms with Gasteiger partial charge in [0.25, 0.3) is 5.91 Å². The summed E-state index contributed by atoms with van der Waals surface area (Å²) < 4.78 is 5.32. The highest BCUT2D eigenvalue weighted by atomic mass is 16.5. The summed E-state index contributed by atoms with van der Waals surface area (Å²) in [7, 11) is 1.59. The summed E-state index contributed by atoms with van der Waals surface area (Å²) in [6, 6.07) is 5.43. The van der Waals surface area contributed by atoms with Gasteiger partial charge in [-0.3, -0.25) is 4.79 Å². The van der Waals surface area contributed by atoms with Crippen LogP contribution in [0, 0.1) is 12.3 Å². The molecule has 1 amide bonds.